The van der Waals surface area contributed by atoms with E-state index in [2.05, 4.69) is 25.1 Å². The summed E-state index contributed by atoms with van der Waals surface area (Å²) in [5.74, 6) is 0.802. The smallest absolute Gasteiger partial charge is 0.272 e. The number of hydrogen-bond acceptors (Lipinski definition) is 6. The van der Waals surface area contributed by atoms with Crippen LogP contribution in [0.3, 0.4) is 0 Å². The van der Waals surface area contributed by atoms with Crippen molar-refractivity contribution in [3.8, 4) is 28.1 Å². The number of fused-ring (bicyclic) bond motifs is 3. The molecule has 3 heterocycles. The van der Waals surface area contributed by atoms with Crippen molar-refractivity contribution < 1.29 is 4.74 Å². The lowest BCUT2D eigenvalue weighted by Gasteiger charge is -2.11. The zero-order valence-electron chi connectivity index (χ0n) is 19.4. The first-order valence-corrected chi connectivity index (χ1v) is 13.3. The molecule has 172 valence electrons. The molecule has 0 radical (unpaired) electrons. The van der Waals surface area contributed by atoms with Gasteiger partial charge in [-0.3, -0.25) is 9.36 Å². The number of benzene rings is 2. The van der Waals surface area contributed by atoms with E-state index in [1.165, 1.54) is 23.1 Å². The van der Waals surface area contributed by atoms with E-state index in [0.29, 0.717) is 11.2 Å². The predicted molar refractivity (Wildman–Crippen MR) is 143 cm³/mol. The molecule has 0 atom stereocenters. The molecule has 0 spiro atoms. The third-order valence-electron chi connectivity index (χ3n) is 5.90. The minimum atomic E-state index is 0.0239. The number of hydrogen-bond donors (Lipinski definition) is 0. The fourth-order valence-corrected chi connectivity index (χ4v) is 5.79. The standard InChI is InChI=1S/C27H25N3O2S2/c1-4-5-15-30-26(31)24-23(29-27(30)33-3)22-20(17-9-7-6-8-10-17)16-21(28-25(22)34-24)18-11-13-19(32-2)14-12-18/h6-14,16H,4-5,15H2,1-3H3. The monoisotopic (exact) mass is 487 g/mol. The lowest BCUT2D eigenvalue weighted by molar-refractivity contribution is 0.415. The molecule has 0 aliphatic heterocycles. The SMILES string of the molecule is CCCCn1c(SC)nc2c(sc3nc(-c4ccc(OC)cc4)cc(-c4ccccc4)c32)c1=O. The normalized spacial score (nSPS) is 11.4. The molecule has 0 aliphatic rings. The van der Waals surface area contributed by atoms with Crippen LogP contribution < -0.4 is 10.3 Å². The first-order valence-electron chi connectivity index (χ1n) is 11.3. The third-order valence-corrected chi connectivity index (χ3v) is 7.64. The summed E-state index contributed by atoms with van der Waals surface area (Å²) in [6, 6.07) is 20.3. The third kappa shape index (κ3) is 3.99. The quantitative estimate of drug-likeness (QED) is 0.185. The van der Waals surface area contributed by atoms with Gasteiger partial charge < -0.3 is 4.74 Å². The topological polar surface area (TPSA) is 57.0 Å². The molecule has 0 aliphatic carbocycles. The maximum absolute atomic E-state index is 13.5. The summed E-state index contributed by atoms with van der Waals surface area (Å²) in [6.45, 7) is 2.81. The van der Waals surface area contributed by atoms with Gasteiger partial charge in [0.2, 0.25) is 0 Å². The lowest BCUT2D eigenvalue weighted by atomic mass is 10.00. The minimum absolute atomic E-state index is 0.0239. The fourth-order valence-electron chi connectivity index (χ4n) is 4.12. The van der Waals surface area contributed by atoms with Gasteiger partial charge in [-0.2, -0.15) is 0 Å². The van der Waals surface area contributed by atoms with Gasteiger partial charge in [0.15, 0.2) is 5.16 Å². The largest absolute Gasteiger partial charge is 0.497 e. The number of methoxy groups -OCH3 is 1. The number of unbranched alkanes of at least 4 members (excludes halogenated alkanes) is 1. The number of thiophene rings is 1. The summed E-state index contributed by atoms with van der Waals surface area (Å²) in [4.78, 5) is 24.3. The van der Waals surface area contributed by atoms with Crippen LogP contribution >= 0.6 is 23.1 Å². The highest BCUT2D eigenvalue weighted by molar-refractivity contribution is 7.98. The Morgan fingerprint density at radius 3 is 2.47 bits per heavy atom. The van der Waals surface area contributed by atoms with Crippen molar-refractivity contribution in [2.45, 2.75) is 31.5 Å². The van der Waals surface area contributed by atoms with Crippen LogP contribution in [0.25, 0.3) is 42.8 Å². The number of rotatable bonds is 7. The first-order chi connectivity index (χ1) is 16.6. The summed E-state index contributed by atoms with van der Waals surface area (Å²) >= 11 is 2.96. The number of pyridine rings is 1. The van der Waals surface area contributed by atoms with Gasteiger partial charge in [-0.25, -0.2) is 9.97 Å². The lowest BCUT2D eigenvalue weighted by Crippen LogP contribution is -2.22. The highest BCUT2D eigenvalue weighted by Crippen LogP contribution is 2.40. The second kappa shape index (κ2) is 9.60. The molecule has 0 saturated carbocycles. The van der Waals surface area contributed by atoms with E-state index >= 15 is 0 Å². The van der Waals surface area contributed by atoms with Crippen LogP contribution in [-0.2, 0) is 6.54 Å². The van der Waals surface area contributed by atoms with Gasteiger partial charge in [-0.1, -0.05) is 55.4 Å². The summed E-state index contributed by atoms with van der Waals surface area (Å²) in [7, 11) is 1.66. The average molecular weight is 488 g/mol. The molecule has 7 heteroatoms. The van der Waals surface area contributed by atoms with Crippen molar-refractivity contribution in [1.29, 1.82) is 0 Å². The van der Waals surface area contributed by atoms with Crippen LogP contribution in [0.4, 0.5) is 0 Å². The van der Waals surface area contributed by atoms with Crippen molar-refractivity contribution in [3.63, 3.8) is 0 Å². The second-order valence-electron chi connectivity index (χ2n) is 8.02. The van der Waals surface area contributed by atoms with Crippen LogP contribution in [0.2, 0.25) is 0 Å². The Balaban J connectivity index is 1.82. The summed E-state index contributed by atoms with van der Waals surface area (Å²) < 4.78 is 7.80. The summed E-state index contributed by atoms with van der Waals surface area (Å²) in [6.07, 6.45) is 3.94. The van der Waals surface area contributed by atoms with E-state index in [-0.39, 0.29) is 5.56 Å². The van der Waals surface area contributed by atoms with Crippen molar-refractivity contribution in [2.24, 2.45) is 0 Å². The van der Waals surface area contributed by atoms with Crippen molar-refractivity contribution in [1.82, 2.24) is 14.5 Å². The Kier molecular flexibility index (Phi) is 6.39. The van der Waals surface area contributed by atoms with E-state index < -0.39 is 0 Å². The molecule has 0 amide bonds. The average Bonchev–Trinajstić information content (AvgIpc) is 3.27. The van der Waals surface area contributed by atoms with Gasteiger partial charge in [0.05, 0.1) is 18.3 Å². The highest BCUT2D eigenvalue weighted by atomic mass is 32.2. The Labute approximate surface area is 206 Å². The van der Waals surface area contributed by atoms with E-state index in [4.69, 9.17) is 14.7 Å². The molecule has 2 aromatic carbocycles. The van der Waals surface area contributed by atoms with Crippen molar-refractivity contribution in [3.05, 3.63) is 71.0 Å². The molecule has 0 unspecified atom stereocenters. The highest BCUT2D eigenvalue weighted by Gasteiger charge is 2.20. The maximum atomic E-state index is 13.5. The van der Waals surface area contributed by atoms with Crippen LogP contribution in [0, 0.1) is 0 Å². The fraction of sp³-hybridized carbons (Fsp3) is 0.222. The van der Waals surface area contributed by atoms with Gasteiger partial charge in [-0.05, 0) is 54.1 Å². The van der Waals surface area contributed by atoms with E-state index in [1.54, 1.807) is 7.11 Å². The van der Waals surface area contributed by atoms with Crippen LogP contribution in [0.15, 0.2) is 70.6 Å². The van der Waals surface area contributed by atoms with Crippen molar-refractivity contribution >= 4 is 43.5 Å². The Bertz CT molecular complexity index is 1520. The molecule has 3 aromatic heterocycles. The number of ether oxygens (including phenoxy) is 1. The van der Waals surface area contributed by atoms with Crippen LogP contribution in [-0.4, -0.2) is 27.9 Å². The maximum Gasteiger partial charge on any atom is 0.272 e. The second-order valence-corrected chi connectivity index (χ2v) is 9.79. The molecule has 5 nitrogen and oxygen atoms in total. The van der Waals surface area contributed by atoms with Gasteiger partial charge in [0.25, 0.3) is 5.56 Å². The molecule has 0 N–H and O–H groups in total. The van der Waals surface area contributed by atoms with Crippen molar-refractivity contribution in [2.75, 3.05) is 13.4 Å². The van der Waals surface area contributed by atoms with Gasteiger partial charge in [0, 0.05) is 17.5 Å². The Morgan fingerprint density at radius 2 is 1.79 bits per heavy atom. The number of nitrogens with zero attached hydrogens (tertiary/aromatic N) is 3. The first kappa shape index (κ1) is 22.6. The molecule has 5 rings (SSSR count). The molecular formula is C27H25N3O2S2. The minimum Gasteiger partial charge on any atom is -0.497 e. The molecule has 0 fully saturated rings. The van der Waals surface area contributed by atoms with Gasteiger partial charge >= 0.3 is 0 Å². The molecule has 34 heavy (non-hydrogen) atoms. The molecule has 0 saturated heterocycles. The van der Waals surface area contributed by atoms with Gasteiger partial charge in [-0.15, -0.1) is 11.3 Å². The van der Waals surface area contributed by atoms with E-state index in [1.807, 2.05) is 53.3 Å². The summed E-state index contributed by atoms with van der Waals surface area (Å²) in [5.41, 5.74) is 4.73. The number of thioether (sulfide) groups is 1. The molecule has 0 bridgehead atoms. The van der Waals surface area contributed by atoms with E-state index in [9.17, 15) is 4.79 Å². The molecule has 5 aromatic rings. The Hall–Kier alpha value is -3.16. The van der Waals surface area contributed by atoms with E-state index in [0.717, 1.165) is 61.9 Å². The zero-order chi connectivity index (χ0) is 23.7. The van der Waals surface area contributed by atoms with Crippen LogP contribution in [0.1, 0.15) is 19.8 Å². The number of aromatic nitrogens is 3. The summed E-state index contributed by atoms with van der Waals surface area (Å²) in [5, 5.41) is 1.70. The van der Waals surface area contributed by atoms with Crippen LogP contribution in [0.5, 0.6) is 5.75 Å². The molecular weight excluding hydrogens is 462 g/mol. The zero-order valence-corrected chi connectivity index (χ0v) is 21.0. The predicted octanol–water partition coefficient (Wildman–Crippen LogP) is 6.87. The van der Waals surface area contributed by atoms with Gasteiger partial charge in [0.1, 0.15) is 15.3 Å². The Morgan fingerprint density at radius 1 is 1.03 bits per heavy atom.